The van der Waals surface area contributed by atoms with Gasteiger partial charge in [0.25, 0.3) is 0 Å². The number of nitrogens with one attached hydrogen (secondary N) is 1. The topological polar surface area (TPSA) is 88.2 Å². The monoisotopic (exact) mass is 323 g/mol. The van der Waals surface area contributed by atoms with Crippen LogP contribution in [0.15, 0.2) is 28.8 Å². The van der Waals surface area contributed by atoms with E-state index in [4.69, 9.17) is 5.11 Å². The van der Waals surface area contributed by atoms with Gasteiger partial charge < -0.3 is 9.63 Å². The highest BCUT2D eigenvalue weighted by molar-refractivity contribution is 5.82. The van der Waals surface area contributed by atoms with Crippen LogP contribution in [0.25, 0.3) is 0 Å². The highest BCUT2D eigenvalue weighted by Crippen LogP contribution is 2.36. The molecule has 1 aromatic carbocycles. The van der Waals surface area contributed by atoms with Crippen molar-refractivity contribution < 1.29 is 36.4 Å². The summed E-state index contributed by atoms with van der Waals surface area (Å²) in [5.74, 6) is -7.26. The van der Waals surface area contributed by atoms with Crippen LogP contribution in [0.3, 0.4) is 0 Å². The van der Waals surface area contributed by atoms with Crippen LogP contribution in [0.1, 0.15) is 17.3 Å². The third-order valence-electron chi connectivity index (χ3n) is 2.45. The zero-order chi connectivity index (χ0) is 16.5. The molecule has 0 aliphatic carbocycles. The molecule has 22 heavy (non-hydrogen) atoms. The zero-order valence-corrected chi connectivity index (χ0v) is 10.4. The molecule has 0 radical (unpaired) electrons. The van der Waals surface area contributed by atoms with E-state index in [1.807, 2.05) is 5.32 Å². The first-order chi connectivity index (χ1) is 10.1. The van der Waals surface area contributed by atoms with Gasteiger partial charge >= 0.3 is 24.1 Å². The number of anilines is 1. The van der Waals surface area contributed by atoms with Crippen LogP contribution < -0.4 is 5.32 Å². The number of rotatable bonds is 3. The molecule has 0 aliphatic rings. The first-order valence-corrected chi connectivity index (χ1v) is 5.50. The second-order valence-electron chi connectivity index (χ2n) is 4.00. The summed E-state index contributed by atoms with van der Waals surface area (Å²) in [5.41, 5.74) is -0.714. The molecule has 0 unspecified atom stereocenters. The van der Waals surface area contributed by atoms with Gasteiger partial charge in [-0.1, -0.05) is 17.3 Å². The lowest BCUT2D eigenvalue weighted by molar-refractivity contribution is -0.159. The van der Waals surface area contributed by atoms with Crippen LogP contribution in [-0.2, 0) is 12.1 Å². The van der Waals surface area contributed by atoms with Crippen molar-refractivity contribution in [1.29, 1.82) is 0 Å². The number of halogens is 5. The van der Waals surface area contributed by atoms with Crippen LogP contribution in [0, 0.1) is 0 Å². The SMILES string of the molecule is O=C(O)Nc1ccc(C(F)(F)c2noc(C(F)(F)F)n2)cc1. The Kier molecular flexibility index (Phi) is 3.73. The molecule has 11 heteroatoms. The summed E-state index contributed by atoms with van der Waals surface area (Å²) in [7, 11) is 0. The van der Waals surface area contributed by atoms with E-state index in [-0.39, 0.29) is 5.69 Å². The number of carbonyl (C=O) groups is 1. The molecular formula is C11H6F5N3O3. The van der Waals surface area contributed by atoms with Crippen molar-refractivity contribution in [1.82, 2.24) is 10.1 Å². The quantitative estimate of drug-likeness (QED) is 0.846. The normalized spacial score (nSPS) is 12.2. The number of hydrogen-bond acceptors (Lipinski definition) is 4. The van der Waals surface area contributed by atoms with Gasteiger partial charge in [0.1, 0.15) is 0 Å². The minimum atomic E-state index is -5.03. The smallest absolute Gasteiger partial charge is 0.465 e. The Morgan fingerprint density at radius 2 is 1.73 bits per heavy atom. The van der Waals surface area contributed by atoms with Crippen molar-refractivity contribution in [3.63, 3.8) is 0 Å². The third kappa shape index (κ3) is 3.13. The van der Waals surface area contributed by atoms with Crippen LogP contribution in [0.2, 0.25) is 0 Å². The Balaban J connectivity index is 2.29. The number of hydrogen-bond donors (Lipinski definition) is 2. The lowest BCUT2D eigenvalue weighted by atomic mass is 10.1. The Hall–Kier alpha value is -2.72. The minimum absolute atomic E-state index is 0.0103. The number of carboxylic acid groups (broad SMARTS) is 1. The number of nitrogens with zero attached hydrogens (tertiary/aromatic N) is 2. The molecule has 2 aromatic rings. The fraction of sp³-hybridized carbons (Fsp3) is 0.182. The lowest BCUT2D eigenvalue weighted by Crippen LogP contribution is -2.18. The summed E-state index contributed by atoms with van der Waals surface area (Å²) >= 11 is 0. The summed E-state index contributed by atoms with van der Waals surface area (Å²) < 4.78 is 68.5. The molecule has 1 amide bonds. The van der Waals surface area contributed by atoms with Crippen LogP contribution >= 0.6 is 0 Å². The summed E-state index contributed by atoms with van der Waals surface area (Å²) in [6.45, 7) is 0. The standard InChI is InChI=1S/C11H6F5N3O3/c12-10(13,7-18-8(22-19-7)11(14,15)16)5-1-3-6(4-2-5)17-9(20)21/h1-4,17H,(H,20,21). The summed E-state index contributed by atoms with van der Waals surface area (Å²) in [6.07, 6.45) is -6.43. The van der Waals surface area contributed by atoms with E-state index in [0.29, 0.717) is 0 Å². The molecule has 0 aliphatic heterocycles. The molecule has 6 nitrogen and oxygen atoms in total. The van der Waals surface area contributed by atoms with E-state index in [2.05, 4.69) is 14.7 Å². The second-order valence-corrected chi connectivity index (χ2v) is 4.00. The first-order valence-electron chi connectivity index (χ1n) is 5.50. The fourth-order valence-corrected chi connectivity index (χ4v) is 1.48. The van der Waals surface area contributed by atoms with Gasteiger partial charge in [0, 0.05) is 11.3 Å². The molecule has 0 bridgehead atoms. The largest absolute Gasteiger partial charge is 0.471 e. The zero-order valence-electron chi connectivity index (χ0n) is 10.4. The van der Waals surface area contributed by atoms with Crippen LogP contribution in [0.4, 0.5) is 32.4 Å². The van der Waals surface area contributed by atoms with Gasteiger partial charge in [0.05, 0.1) is 0 Å². The maximum Gasteiger partial charge on any atom is 0.471 e. The molecule has 0 saturated carbocycles. The Bertz CT molecular complexity index is 681. The molecule has 2 N–H and O–H groups in total. The molecule has 0 fully saturated rings. The maximum absolute atomic E-state index is 14.0. The van der Waals surface area contributed by atoms with E-state index in [1.165, 1.54) is 0 Å². The predicted octanol–water partition coefficient (Wildman–Crippen LogP) is 3.32. The molecule has 0 spiro atoms. The van der Waals surface area contributed by atoms with Crippen LogP contribution in [0.5, 0.6) is 0 Å². The van der Waals surface area contributed by atoms with E-state index in [0.717, 1.165) is 24.3 Å². The van der Waals surface area contributed by atoms with E-state index in [9.17, 15) is 26.7 Å². The number of amides is 1. The average molecular weight is 323 g/mol. The highest BCUT2D eigenvalue weighted by atomic mass is 19.4. The molecule has 1 heterocycles. The molecule has 0 atom stereocenters. The van der Waals surface area contributed by atoms with Gasteiger partial charge in [0.2, 0.25) is 5.82 Å². The van der Waals surface area contributed by atoms with E-state index in [1.54, 1.807) is 0 Å². The molecular weight excluding hydrogens is 317 g/mol. The van der Waals surface area contributed by atoms with Gasteiger partial charge in [-0.05, 0) is 12.1 Å². The fourth-order valence-electron chi connectivity index (χ4n) is 1.48. The summed E-state index contributed by atoms with van der Waals surface area (Å²) in [6, 6.07) is 3.69. The third-order valence-corrected chi connectivity index (χ3v) is 2.45. The van der Waals surface area contributed by atoms with Gasteiger partial charge in [-0.2, -0.15) is 26.9 Å². The van der Waals surface area contributed by atoms with Gasteiger partial charge in [-0.25, -0.2) is 4.79 Å². The number of aromatic nitrogens is 2. The Morgan fingerprint density at radius 3 is 2.18 bits per heavy atom. The van der Waals surface area contributed by atoms with Gasteiger partial charge in [-0.3, -0.25) is 5.32 Å². The van der Waals surface area contributed by atoms with Crippen molar-refractivity contribution in [2.24, 2.45) is 0 Å². The average Bonchev–Trinajstić information content (AvgIpc) is 2.88. The second kappa shape index (κ2) is 5.24. The van der Waals surface area contributed by atoms with E-state index < -0.39 is 35.5 Å². The van der Waals surface area contributed by atoms with Crippen molar-refractivity contribution in [2.75, 3.05) is 5.32 Å². The van der Waals surface area contributed by atoms with Crippen LogP contribution in [-0.4, -0.2) is 21.3 Å². The minimum Gasteiger partial charge on any atom is -0.465 e. The number of benzene rings is 1. The van der Waals surface area contributed by atoms with Crippen molar-refractivity contribution in [3.8, 4) is 0 Å². The number of alkyl halides is 5. The van der Waals surface area contributed by atoms with E-state index >= 15 is 0 Å². The lowest BCUT2D eigenvalue weighted by Gasteiger charge is -2.12. The molecule has 118 valence electrons. The predicted molar refractivity (Wildman–Crippen MR) is 60.4 cm³/mol. The Morgan fingerprint density at radius 1 is 1.14 bits per heavy atom. The summed E-state index contributed by atoms with van der Waals surface area (Å²) in [5, 5.41) is 13.0. The first kappa shape index (κ1) is 15.7. The van der Waals surface area contributed by atoms with Crippen molar-refractivity contribution in [2.45, 2.75) is 12.1 Å². The van der Waals surface area contributed by atoms with Gasteiger partial charge in [0.15, 0.2) is 0 Å². The Labute approximate surface area is 118 Å². The maximum atomic E-state index is 14.0. The summed E-state index contributed by atoms with van der Waals surface area (Å²) in [4.78, 5) is 13.0. The molecule has 1 aromatic heterocycles. The molecule has 2 rings (SSSR count). The van der Waals surface area contributed by atoms with Gasteiger partial charge in [-0.15, -0.1) is 0 Å². The highest BCUT2D eigenvalue weighted by Gasteiger charge is 2.44. The van der Waals surface area contributed by atoms with Crippen molar-refractivity contribution in [3.05, 3.63) is 41.5 Å². The molecule has 0 saturated heterocycles. The van der Waals surface area contributed by atoms with Crippen molar-refractivity contribution >= 4 is 11.8 Å².